The maximum absolute atomic E-state index is 8.70. The molecule has 0 aromatic heterocycles. The molecule has 0 aromatic carbocycles. The molecule has 0 aliphatic rings. The van der Waals surface area contributed by atoms with Crippen LogP contribution in [0.3, 0.4) is 0 Å². The molecule has 0 unspecified atom stereocenters. The molecule has 0 rings (SSSR count). The van der Waals surface area contributed by atoms with E-state index in [9.17, 15) is 0 Å². The third kappa shape index (κ3) is 4.77. The van der Waals surface area contributed by atoms with Gasteiger partial charge in [0.1, 0.15) is 0 Å². The van der Waals surface area contributed by atoms with Gasteiger partial charge in [-0.25, -0.2) is 0 Å². The Kier molecular flexibility index (Phi) is 3.91. The van der Waals surface area contributed by atoms with Crippen LogP contribution in [0, 0.1) is 5.41 Å². The van der Waals surface area contributed by atoms with Crippen LogP contribution in [0.2, 0.25) is 0 Å². The molecule has 0 amide bonds. The molecular formula is C8H19NO. The van der Waals surface area contributed by atoms with E-state index in [1.165, 1.54) is 0 Å². The fourth-order valence-corrected chi connectivity index (χ4v) is 1.24. The zero-order valence-electron chi connectivity index (χ0n) is 7.52. The topological polar surface area (TPSA) is 23.5 Å². The van der Waals surface area contributed by atoms with Gasteiger partial charge in [-0.2, -0.15) is 0 Å². The number of hydrogen-bond acceptors (Lipinski definition) is 2. The second kappa shape index (κ2) is 3.94. The largest absolute Gasteiger partial charge is 0.396 e. The van der Waals surface area contributed by atoms with E-state index in [1.54, 1.807) is 0 Å². The predicted octanol–water partition coefficient (Wildman–Crippen LogP) is 0.957. The first kappa shape index (κ1) is 9.92. The highest BCUT2D eigenvalue weighted by Gasteiger charge is 2.17. The average molecular weight is 145 g/mol. The Balaban J connectivity index is 3.63. The molecule has 0 saturated heterocycles. The Morgan fingerprint density at radius 2 is 1.80 bits per heavy atom. The van der Waals surface area contributed by atoms with Crippen LogP contribution < -0.4 is 0 Å². The van der Waals surface area contributed by atoms with Gasteiger partial charge >= 0.3 is 0 Å². The van der Waals surface area contributed by atoms with Gasteiger partial charge in [0.25, 0.3) is 0 Å². The summed E-state index contributed by atoms with van der Waals surface area (Å²) in [5.41, 5.74) is 0.248. The fraction of sp³-hybridized carbons (Fsp3) is 1.00. The highest BCUT2D eigenvalue weighted by Crippen LogP contribution is 2.19. The van der Waals surface area contributed by atoms with Gasteiger partial charge in [-0.15, -0.1) is 0 Å². The summed E-state index contributed by atoms with van der Waals surface area (Å²) >= 11 is 0. The molecule has 62 valence electrons. The quantitative estimate of drug-likeness (QED) is 0.637. The van der Waals surface area contributed by atoms with Crippen molar-refractivity contribution in [3.05, 3.63) is 0 Å². The molecule has 0 bridgehead atoms. The minimum atomic E-state index is 0.248. The van der Waals surface area contributed by atoms with Crippen molar-refractivity contribution in [3.8, 4) is 0 Å². The lowest BCUT2D eigenvalue weighted by Crippen LogP contribution is -2.29. The summed E-state index contributed by atoms with van der Waals surface area (Å²) in [5.74, 6) is 0. The third-order valence-corrected chi connectivity index (χ3v) is 1.53. The smallest absolute Gasteiger partial charge is 0.0436 e. The van der Waals surface area contributed by atoms with E-state index < -0.39 is 0 Å². The number of aliphatic hydroxyl groups excluding tert-OH is 1. The van der Waals surface area contributed by atoms with Crippen molar-refractivity contribution >= 4 is 0 Å². The molecule has 2 nitrogen and oxygen atoms in total. The highest BCUT2D eigenvalue weighted by atomic mass is 16.3. The third-order valence-electron chi connectivity index (χ3n) is 1.53. The summed E-state index contributed by atoms with van der Waals surface area (Å²) in [7, 11) is 4.11. The first-order valence-electron chi connectivity index (χ1n) is 3.73. The van der Waals surface area contributed by atoms with Crippen LogP contribution in [0.4, 0.5) is 0 Å². The van der Waals surface area contributed by atoms with Gasteiger partial charge in [-0.05, 0) is 25.9 Å². The van der Waals surface area contributed by atoms with Gasteiger partial charge in [0, 0.05) is 13.2 Å². The number of rotatable bonds is 4. The van der Waals surface area contributed by atoms with Crippen LogP contribution in [0.1, 0.15) is 20.3 Å². The molecule has 0 atom stereocenters. The first-order chi connectivity index (χ1) is 4.48. The molecule has 0 saturated carbocycles. The lowest BCUT2D eigenvalue weighted by Gasteiger charge is -2.27. The second-order valence-electron chi connectivity index (χ2n) is 3.88. The lowest BCUT2D eigenvalue weighted by atomic mass is 9.89. The Labute approximate surface area is 63.8 Å². The Morgan fingerprint density at radius 1 is 1.30 bits per heavy atom. The fourth-order valence-electron chi connectivity index (χ4n) is 1.24. The molecule has 10 heavy (non-hydrogen) atoms. The van der Waals surface area contributed by atoms with Crippen molar-refractivity contribution < 1.29 is 5.11 Å². The summed E-state index contributed by atoms with van der Waals surface area (Å²) < 4.78 is 0. The summed E-state index contributed by atoms with van der Waals surface area (Å²) in [4.78, 5) is 2.15. The van der Waals surface area contributed by atoms with Crippen LogP contribution >= 0.6 is 0 Å². The van der Waals surface area contributed by atoms with E-state index in [4.69, 9.17) is 5.11 Å². The normalized spacial score (nSPS) is 12.6. The lowest BCUT2D eigenvalue weighted by molar-refractivity contribution is 0.171. The molecule has 0 spiro atoms. The summed E-state index contributed by atoms with van der Waals surface area (Å²) in [6.45, 7) is 5.67. The van der Waals surface area contributed by atoms with Gasteiger partial charge in [0.05, 0.1) is 0 Å². The highest BCUT2D eigenvalue weighted by molar-refractivity contribution is 4.70. The number of aliphatic hydroxyl groups is 1. The van der Waals surface area contributed by atoms with Gasteiger partial charge < -0.3 is 10.0 Å². The predicted molar refractivity (Wildman–Crippen MR) is 44.0 cm³/mol. The second-order valence-corrected chi connectivity index (χ2v) is 3.88. The van der Waals surface area contributed by atoms with E-state index in [1.807, 2.05) is 0 Å². The summed E-state index contributed by atoms with van der Waals surface area (Å²) in [5, 5.41) is 8.70. The van der Waals surface area contributed by atoms with Crippen molar-refractivity contribution in [2.45, 2.75) is 20.3 Å². The van der Waals surface area contributed by atoms with Crippen molar-refractivity contribution in [1.29, 1.82) is 0 Å². The number of hydrogen-bond donors (Lipinski definition) is 1. The van der Waals surface area contributed by atoms with Crippen LogP contribution in [0.5, 0.6) is 0 Å². The van der Waals surface area contributed by atoms with E-state index in [0.29, 0.717) is 6.61 Å². The molecule has 0 aliphatic carbocycles. The van der Waals surface area contributed by atoms with Gasteiger partial charge in [0.15, 0.2) is 0 Å². The van der Waals surface area contributed by atoms with E-state index >= 15 is 0 Å². The zero-order chi connectivity index (χ0) is 8.20. The van der Waals surface area contributed by atoms with E-state index in [0.717, 1.165) is 13.0 Å². The maximum Gasteiger partial charge on any atom is 0.0436 e. The zero-order valence-corrected chi connectivity index (χ0v) is 7.52. The van der Waals surface area contributed by atoms with Gasteiger partial charge in [-0.1, -0.05) is 13.8 Å². The minimum Gasteiger partial charge on any atom is -0.396 e. The molecule has 2 heteroatoms. The van der Waals surface area contributed by atoms with Crippen LogP contribution in [0.25, 0.3) is 0 Å². The number of nitrogens with zero attached hydrogens (tertiary/aromatic N) is 1. The Hall–Kier alpha value is -0.0800. The Morgan fingerprint density at radius 3 is 2.10 bits per heavy atom. The van der Waals surface area contributed by atoms with Crippen LogP contribution in [-0.2, 0) is 0 Å². The van der Waals surface area contributed by atoms with Gasteiger partial charge in [-0.3, -0.25) is 0 Å². The van der Waals surface area contributed by atoms with Crippen LogP contribution in [-0.4, -0.2) is 37.3 Å². The molecule has 1 N–H and O–H groups in total. The van der Waals surface area contributed by atoms with Crippen molar-refractivity contribution in [1.82, 2.24) is 4.90 Å². The summed E-state index contributed by atoms with van der Waals surface area (Å²) in [6, 6.07) is 0. The average Bonchev–Trinajstić information content (AvgIpc) is 1.59. The molecule has 0 aliphatic heterocycles. The SMILES string of the molecule is CN(C)CC(C)(C)CCO. The maximum atomic E-state index is 8.70. The van der Waals surface area contributed by atoms with E-state index in [-0.39, 0.29) is 5.41 Å². The molecule has 0 fully saturated rings. The molecular weight excluding hydrogens is 126 g/mol. The molecule has 0 radical (unpaired) electrons. The monoisotopic (exact) mass is 145 g/mol. The van der Waals surface area contributed by atoms with Crippen molar-refractivity contribution in [2.75, 3.05) is 27.2 Å². The Bertz CT molecular complexity index is 89.3. The van der Waals surface area contributed by atoms with Crippen LogP contribution in [0.15, 0.2) is 0 Å². The standard InChI is InChI=1S/C8H19NO/c1-8(2,5-6-10)7-9(3)4/h10H,5-7H2,1-4H3. The van der Waals surface area contributed by atoms with E-state index in [2.05, 4.69) is 32.8 Å². The van der Waals surface area contributed by atoms with Crippen molar-refractivity contribution in [2.24, 2.45) is 5.41 Å². The first-order valence-corrected chi connectivity index (χ1v) is 3.73. The van der Waals surface area contributed by atoms with Crippen molar-refractivity contribution in [3.63, 3.8) is 0 Å². The summed E-state index contributed by atoms with van der Waals surface area (Å²) in [6.07, 6.45) is 0.880. The molecule has 0 heterocycles. The molecule has 0 aromatic rings. The van der Waals surface area contributed by atoms with Gasteiger partial charge in [0.2, 0.25) is 0 Å². The minimum absolute atomic E-state index is 0.248.